The van der Waals surface area contributed by atoms with Gasteiger partial charge in [0.25, 0.3) is 0 Å². The van der Waals surface area contributed by atoms with Gasteiger partial charge >= 0.3 is 0 Å². The molecule has 1 aromatic carbocycles. The largest absolute Gasteiger partial charge is 0.359 e. The van der Waals surface area contributed by atoms with Gasteiger partial charge in [-0.05, 0) is 42.4 Å². The van der Waals surface area contributed by atoms with Gasteiger partial charge in [0.05, 0.1) is 0 Å². The maximum absolute atomic E-state index is 13.1. The second-order valence-electron chi connectivity index (χ2n) is 4.38. The van der Waals surface area contributed by atoms with E-state index in [4.69, 9.17) is 0 Å². The molecule has 1 aliphatic rings. The summed E-state index contributed by atoms with van der Waals surface area (Å²) in [4.78, 5) is 11.4. The summed E-state index contributed by atoms with van der Waals surface area (Å²) in [6.45, 7) is 0. The Bertz CT molecular complexity index is 387. The standard InChI is InChI=1S/C13H16FNO/c1-15-13(16)8-12(9-5-6-9)10-3-2-4-11(14)7-10/h2-4,7,9,12H,5-6,8H2,1H3,(H,15,16). The second kappa shape index (κ2) is 4.64. The molecule has 0 radical (unpaired) electrons. The minimum Gasteiger partial charge on any atom is -0.359 e. The molecular weight excluding hydrogens is 205 g/mol. The van der Waals surface area contributed by atoms with Crippen molar-refractivity contribution in [3.8, 4) is 0 Å². The number of nitrogens with one attached hydrogen (secondary N) is 1. The average molecular weight is 221 g/mol. The van der Waals surface area contributed by atoms with E-state index < -0.39 is 0 Å². The first-order chi connectivity index (χ1) is 7.70. The molecule has 1 N–H and O–H groups in total. The van der Waals surface area contributed by atoms with Crippen molar-refractivity contribution in [2.24, 2.45) is 5.92 Å². The van der Waals surface area contributed by atoms with Crippen LogP contribution in [0, 0.1) is 11.7 Å². The van der Waals surface area contributed by atoms with Crippen molar-refractivity contribution >= 4 is 5.91 Å². The van der Waals surface area contributed by atoms with Crippen LogP contribution in [0.2, 0.25) is 0 Å². The molecule has 16 heavy (non-hydrogen) atoms. The van der Waals surface area contributed by atoms with Crippen LogP contribution in [-0.2, 0) is 4.79 Å². The number of carbonyl (C=O) groups is 1. The van der Waals surface area contributed by atoms with Gasteiger partial charge in [-0.1, -0.05) is 12.1 Å². The first-order valence-corrected chi connectivity index (χ1v) is 5.66. The first-order valence-electron chi connectivity index (χ1n) is 5.66. The topological polar surface area (TPSA) is 29.1 Å². The minimum absolute atomic E-state index is 0.0289. The summed E-state index contributed by atoms with van der Waals surface area (Å²) < 4.78 is 13.1. The average Bonchev–Trinajstić information content (AvgIpc) is 3.09. The molecule has 0 saturated heterocycles. The van der Waals surface area contributed by atoms with Crippen LogP contribution in [0.5, 0.6) is 0 Å². The van der Waals surface area contributed by atoms with Gasteiger partial charge in [0.15, 0.2) is 0 Å². The van der Waals surface area contributed by atoms with Gasteiger partial charge in [-0.3, -0.25) is 4.79 Å². The Labute approximate surface area is 94.9 Å². The number of rotatable bonds is 4. The lowest BCUT2D eigenvalue weighted by Crippen LogP contribution is -2.21. The molecule has 1 fully saturated rings. The molecule has 1 unspecified atom stereocenters. The van der Waals surface area contributed by atoms with E-state index in [1.165, 1.54) is 6.07 Å². The third-order valence-electron chi connectivity index (χ3n) is 3.15. The minimum atomic E-state index is -0.222. The SMILES string of the molecule is CNC(=O)CC(c1cccc(F)c1)C1CC1. The van der Waals surface area contributed by atoms with Crippen molar-refractivity contribution in [2.75, 3.05) is 7.05 Å². The Morgan fingerprint density at radius 1 is 1.56 bits per heavy atom. The lowest BCUT2D eigenvalue weighted by Gasteiger charge is -2.15. The fraction of sp³-hybridized carbons (Fsp3) is 0.462. The van der Waals surface area contributed by atoms with Gasteiger partial charge in [0.2, 0.25) is 5.91 Å². The Morgan fingerprint density at radius 3 is 2.88 bits per heavy atom. The molecule has 0 bridgehead atoms. The Morgan fingerprint density at radius 2 is 2.31 bits per heavy atom. The highest BCUT2D eigenvalue weighted by molar-refractivity contribution is 5.76. The summed E-state index contributed by atoms with van der Waals surface area (Å²) in [6.07, 6.45) is 2.76. The summed E-state index contributed by atoms with van der Waals surface area (Å²) in [5, 5.41) is 2.63. The number of halogens is 1. The van der Waals surface area contributed by atoms with Gasteiger partial charge in [-0.2, -0.15) is 0 Å². The van der Waals surface area contributed by atoms with E-state index in [2.05, 4.69) is 5.32 Å². The molecule has 1 saturated carbocycles. The van der Waals surface area contributed by atoms with E-state index in [0.29, 0.717) is 12.3 Å². The number of amides is 1. The van der Waals surface area contributed by atoms with Crippen molar-refractivity contribution in [1.29, 1.82) is 0 Å². The van der Waals surface area contributed by atoms with Crippen molar-refractivity contribution in [3.05, 3.63) is 35.6 Å². The fourth-order valence-electron chi connectivity index (χ4n) is 2.09. The molecule has 0 aliphatic heterocycles. The van der Waals surface area contributed by atoms with Crippen LogP contribution in [-0.4, -0.2) is 13.0 Å². The van der Waals surface area contributed by atoms with E-state index in [-0.39, 0.29) is 17.6 Å². The molecule has 1 aromatic rings. The van der Waals surface area contributed by atoms with Crippen LogP contribution in [0.4, 0.5) is 4.39 Å². The number of hydrogen-bond donors (Lipinski definition) is 1. The molecule has 86 valence electrons. The number of carbonyl (C=O) groups excluding carboxylic acids is 1. The molecule has 1 aliphatic carbocycles. The normalized spacial score (nSPS) is 16.9. The molecular formula is C13H16FNO. The number of hydrogen-bond acceptors (Lipinski definition) is 1. The molecule has 0 aromatic heterocycles. The van der Waals surface area contributed by atoms with E-state index in [9.17, 15) is 9.18 Å². The molecule has 1 amide bonds. The molecule has 0 spiro atoms. The summed E-state index contributed by atoms with van der Waals surface area (Å²) in [7, 11) is 1.64. The van der Waals surface area contributed by atoms with E-state index in [1.54, 1.807) is 19.2 Å². The maximum Gasteiger partial charge on any atom is 0.220 e. The lowest BCUT2D eigenvalue weighted by atomic mass is 9.90. The summed E-state index contributed by atoms with van der Waals surface area (Å²) in [5.41, 5.74) is 0.950. The van der Waals surface area contributed by atoms with Crippen LogP contribution in [0.3, 0.4) is 0 Å². The van der Waals surface area contributed by atoms with Crippen LogP contribution in [0.25, 0.3) is 0 Å². The van der Waals surface area contributed by atoms with Crippen molar-refractivity contribution < 1.29 is 9.18 Å². The van der Waals surface area contributed by atoms with Gasteiger partial charge in [0, 0.05) is 13.5 Å². The van der Waals surface area contributed by atoms with Crippen LogP contribution in [0.15, 0.2) is 24.3 Å². The Kier molecular flexibility index (Phi) is 3.22. The fourth-order valence-corrected chi connectivity index (χ4v) is 2.09. The van der Waals surface area contributed by atoms with E-state index in [1.807, 2.05) is 6.07 Å². The zero-order valence-corrected chi connectivity index (χ0v) is 9.37. The molecule has 0 heterocycles. The lowest BCUT2D eigenvalue weighted by molar-refractivity contribution is -0.121. The quantitative estimate of drug-likeness (QED) is 0.831. The summed E-state index contributed by atoms with van der Waals surface area (Å²) in [5.74, 6) is 0.538. The number of benzene rings is 1. The Balaban J connectivity index is 2.15. The first kappa shape index (κ1) is 11.1. The van der Waals surface area contributed by atoms with E-state index >= 15 is 0 Å². The Hall–Kier alpha value is -1.38. The van der Waals surface area contributed by atoms with Crippen molar-refractivity contribution in [1.82, 2.24) is 5.32 Å². The zero-order chi connectivity index (χ0) is 11.5. The zero-order valence-electron chi connectivity index (χ0n) is 9.37. The maximum atomic E-state index is 13.1. The third-order valence-corrected chi connectivity index (χ3v) is 3.15. The van der Waals surface area contributed by atoms with Crippen molar-refractivity contribution in [3.63, 3.8) is 0 Å². The highest BCUT2D eigenvalue weighted by Crippen LogP contribution is 2.44. The monoisotopic (exact) mass is 221 g/mol. The summed E-state index contributed by atoms with van der Waals surface area (Å²) >= 11 is 0. The highest BCUT2D eigenvalue weighted by atomic mass is 19.1. The predicted octanol–water partition coefficient (Wildman–Crippen LogP) is 2.46. The molecule has 3 heteroatoms. The van der Waals surface area contributed by atoms with Crippen LogP contribution in [0.1, 0.15) is 30.7 Å². The van der Waals surface area contributed by atoms with Crippen molar-refractivity contribution in [2.45, 2.75) is 25.2 Å². The van der Waals surface area contributed by atoms with Gasteiger partial charge in [-0.15, -0.1) is 0 Å². The van der Waals surface area contributed by atoms with Gasteiger partial charge in [0.1, 0.15) is 5.82 Å². The van der Waals surface area contributed by atoms with Gasteiger partial charge < -0.3 is 5.32 Å². The molecule has 1 atom stereocenters. The highest BCUT2D eigenvalue weighted by Gasteiger charge is 2.33. The van der Waals surface area contributed by atoms with E-state index in [0.717, 1.165) is 18.4 Å². The van der Waals surface area contributed by atoms with Gasteiger partial charge in [-0.25, -0.2) is 4.39 Å². The second-order valence-corrected chi connectivity index (χ2v) is 4.38. The van der Waals surface area contributed by atoms with Crippen LogP contribution >= 0.6 is 0 Å². The smallest absolute Gasteiger partial charge is 0.220 e. The predicted molar refractivity (Wildman–Crippen MR) is 60.5 cm³/mol. The summed E-state index contributed by atoms with van der Waals surface area (Å²) in [6, 6.07) is 6.61. The molecule has 2 rings (SSSR count). The molecule has 2 nitrogen and oxygen atoms in total. The third kappa shape index (κ3) is 2.60. The van der Waals surface area contributed by atoms with Crippen LogP contribution < -0.4 is 5.32 Å².